The molecule has 2 aliphatic rings. The molecule has 4 N–H and O–H groups in total. The summed E-state index contributed by atoms with van der Waals surface area (Å²) < 4.78 is 49.4. The maximum atomic E-state index is 14.6. The largest absolute Gasteiger partial charge is 0.480 e. The highest BCUT2D eigenvalue weighted by molar-refractivity contribution is 6.30. The molecule has 13 heteroatoms. The van der Waals surface area contributed by atoms with Gasteiger partial charge in [0.05, 0.1) is 0 Å². The summed E-state index contributed by atoms with van der Waals surface area (Å²) >= 11 is 6.23. The molecular weight excluding hydrogens is 573 g/mol. The summed E-state index contributed by atoms with van der Waals surface area (Å²) in [6, 6.07) is 8.34. The van der Waals surface area contributed by atoms with Crippen LogP contribution in [-0.2, 0) is 4.79 Å². The first-order valence-corrected chi connectivity index (χ1v) is 14.1. The predicted molar refractivity (Wildman–Crippen MR) is 153 cm³/mol. The molecule has 1 aromatic carbocycles. The molecule has 9 nitrogen and oxygen atoms in total. The van der Waals surface area contributed by atoms with Crippen LogP contribution in [0.3, 0.4) is 0 Å². The molecule has 3 aromatic rings. The molecule has 2 aromatic heterocycles. The number of ether oxygens (including phenoxy) is 1. The van der Waals surface area contributed by atoms with Crippen molar-refractivity contribution in [2.24, 2.45) is 5.41 Å². The normalized spacial score (nSPS) is 19.3. The first kappa shape index (κ1) is 29.8. The van der Waals surface area contributed by atoms with E-state index in [0.717, 1.165) is 5.69 Å². The third-order valence-electron chi connectivity index (χ3n) is 8.03. The molecule has 5 rings (SSSR count). The zero-order valence-corrected chi connectivity index (χ0v) is 23.9. The van der Waals surface area contributed by atoms with E-state index in [1.807, 2.05) is 18.7 Å². The van der Waals surface area contributed by atoms with Gasteiger partial charge in [-0.15, -0.1) is 0 Å². The van der Waals surface area contributed by atoms with Gasteiger partial charge in [0.25, 0.3) is 0 Å². The molecule has 1 spiro atoms. The van der Waals surface area contributed by atoms with E-state index in [-0.39, 0.29) is 39.3 Å². The van der Waals surface area contributed by atoms with Crippen LogP contribution in [-0.4, -0.2) is 57.9 Å². The van der Waals surface area contributed by atoms with Crippen LogP contribution < -0.4 is 20.7 Å². The number of nitrogens with two attached hydrogens (primary N) is 1. The molecule has 4 heterocycles. The van der Waals surface area contributed by atoms with Crippen LogP contribution in [0.15, 0.2) is 42.6 Å². The fraction of sp³-hybridized carbons (Fsp3) is 0.448. The van der Waals surface area contributed by atoms with Crippen molar-refractivity contribution in [3.05, 3.63) is 58.9 Å². The van der Waals surface area contributed by atoms with Crippen LogP contribution in [0.25, 0.3) is 11.1 Å². The Hall–Kier alpha value is -3.64. The van der Waals surface area contributed by atoms with Crippen molar-refractivity contribution in [2.45, 2.75) is 57.3 Å². The number of carboxylic acid groups (broad SMARTS) is 1. The summed E-state index contributed by atoms with van der Waals surface area (Å²) in [5.41, 5.74) is 7.18. The number of nitrogen functional groups attached to an aromatic ring is 1. The highest BCUT2D eigenvalue weighted by Gasteiger charge is 2.46. The average Bonchev–Trinajstić information content (AvgIpc) is 3.35. The minimum Gasteiger partial charge on any atom is -0.480 e. The van der Waals surface area contributed by atoms with Gasteiger partial charge >= 0.3 is 12.1 Å². The lowest BCUT2D eigenvalue weighted by molar-refractivity contribution is -0.198. The lowest BCUT2D eigenvalue weighted by Gasteiger charge is -2.39. The van der Waals surface area contributed by atoms with Gasteiger partial charge < -0.3 is 25.8 Å². The van der Waals surface area contributed by atoms with Gasteiger partial charge in [0.15, 0.2) is 0 Å². The van der Waals surface area contributed by atoms with Crippen molar-refractivity contribution in [3.8, 4) is 17.0 Å². The van der Waals surface area contributed by atoms with Crippen LogP contribution in [0, 0.1) is 5.41 Å². The minimum atomic E-state index is -4.80. The first-order chi connectivity index (χ1) is 19.8. The number of rotatable bonds is 7. The van der Waals surface area contributed by atoms with Crippen molar-refractivity contribution in [2.75, 3.05) is 30.3 Å². The Morgan fingerprint density at radius 1 is 1.19 bits per heavy atom. The first-order valence-electron chi connectivity index (χ1n) is 13.7. The fourth-order valence-corrected chi connectivity index (χ4v) is 5.87. The second kappa shape index (κ2) is 11.6. The van der Waals surface area contributed by atoms with Crippen molar-refractivity contribution < 1.29 is 27.8 Å². The maximum Gasteiger partial charge on any atom is 0.429 e. The smallest absolute Gasteiger partial charge is 0.429 e. The van der Waals surface area contributed by atoms with E-state index < -0.39 is 24.3 Å². The topological polar surface area (TPSA) is 126 Å². The van der Waals surface area contributed by atoms with Gasteiger partial charge in [-0.3, -0.25) is 9.78 Å². The highest BCUT2D eigenvalue weighted by atomic mass is 35.5. The lowest BCUT2D eigenvalue weighted by Crippen LogP contribution is -2.41. The Balaban J connectivity index is 1.42. The molecule has 42 heavy (non-hydrogen) atoms. The Morgan fingerprint density at radius 2 is 1.93 bits per heavy atom. The number of halogens is 4. The Bertz CT molecular complexity index is 1460. The number of carboxylic acids is 1. The number of hydrogen-bond acceptors (Lipinski definition) is 8. The van der Waals surface area contributed by atoms with Gasteiger partial charge in [0.2, 0.25) is 17.9 Å². The molecule has 2 atom stereocenters. The number of aromatic nitrogens is 3. The van der Waals surface area contributed by atoms with E-state index in [2.05, 4.69) is 20.3 Å². The third kappa shape index (κ3) is 6.39. The van der Waals surface area contributed by atoms with Crippen LogP contribution >= 0.6 is 11.6 Å². The number of hydrogen-bond donors (Lipinski definition) is 3. The quantitative estimate of drug-likeness (QED) is 0.315. The number of benzene rings is 1. The van der Waals surface area contributed by atoms with E-state index in [9.17, 15) is 23.1 Å². The summed E-state index contributed by atoms with van der Waals surface area (Å²) in [5.74, 6) is -0.984. The summed E-state index contributed by atoms with van der Waals surface area (Å²) in [5, 5.41) is 12.7. The monoisotopic (exact) mass is 604 g/mol. The van der Waals surface area contributed by atoms with E-state index in [0.29, 0.717) is 50.3 Å². The number of alkyl halides is 3. The Kier molecular flexibility index (Phi) is 8.21. The Labute approximate surface area is 246 Å². The SMILES string of the molecule is CC(C)c1cc(-c2cc(Cl)ccc2[C@@H](Oc2cc(N3CCC4(CC3)CN[C@H](C(=O)O)C4)nc(N)n2)C(F)(F)F)ccn1. The summed E-state index contributed by atoms with van der Waals surface area (Å²) in [7, 11) is 0. The van der Waals surface area contributed by atoms with Gasteiger partial charge in [0, 0.05) is 48.2 Å². The third-order valence-corrected chi connectivity index (χ3v) is 8.27. The minimum absolute atomic E-state index is 0.0675. The van der Waals surface area contributed by atoms with E-state index in [1.165, 1.54) is 24.3 Å². The van der Waals surface area contributed by atoms with Crippen molar-refractivity contribution in [3.63, 3.8) is 0 Å². The van der Waals surface area contributed by atoms with Crippen LogP contribution in [0.4, 0.5) is 24.9 Å². The van der Waals surface area contributed by atoms with Gasteiger partial charge in [-0.2, -0.15) is 23.1 Å². The fourth-order valence-electron chi connectivity index (χ4n) is 5.70. The number of anilines is 2. The average molecular weight is 605 g/mol. The van der Waals surface area contributed by atoms with E-state index >= 15 is 0 Å². The summed E-state index contributed by atoms with van der Waals surface area (Å²) in [4.78, 5) is 25.9. The molecule has 0 saturated carbocycles. The molecule has 0 radical (unpaired) electrons. The lowest BCUT2D eigenvalue weighted by atomic mass is 9.76. The molecule has 0 bridgehead atoms. The highest BCUT2D eigenvalue weighted by Crippen LogP contribution is 2.43. The second-order valence-electron chi connectivity index (χ2n) is 11.3. The molecule has 0 unspecified atom stereocenters. The zero-order valence-electron chi connectivity index (χ0n) is 23.2. The number of pyridine rings is 1. The van der Waals surface area contributed by atoms with Gasteiger partial charge in [-0.05, 0) is 66.0 Å². The van der Waals surface area contributed by atoms with Gasteiger partial charge in [-0.1, -0.05) is 31.5 Å². The number of carbonyl (C=O) groups is 1. The molecule has 2 aliphatic heterocycles. The number of nitrogens with zero attached hydrogens (tertiary/aromatic N) is 4. The zero-order chi connectivity index (χ0) is 30.2. The number of piperidine rings is 1. The Morgan fingerprint density at radius 3 is 2.57 bits per heavy atom. The van der Waals surface area contributed by atoms with Crippen molar-refractivity contribution in [1.29, 1.82) is 0 Å². The van der Waals surface area contributed by atoms with Gasteiger partial charge in [0.1, 0.15) is 11.9 Å². The summed E-state index contributed by atoms with van der Waals surface area (Å²) in [6.45, 7) is 5.57. The standard InChI is InChI=1S/C29H32ClF3N6O3/c1-16(2)21-11-17(5-8-35-21)20-12-18(30)3-4-19(20)25(29(31,32)33)42-24-13-23(37-27(34)38-24)39-9-6-28(7-10-39)14-22(26(40)41)36-15-28/h3-5,8,11-13,16,22,25,36H,6-7,9-10,14-15H2,1-2H3,(H,40,41)(H2,34,37,38)/t22-,25+/m0/s1. The molecule has 2 saturated heterocycles. The van der Waals surface area contributed by atoms with E-state index in [4.69, 9.17) is 22.1 Å². The van der Waals surface area contributed by atoms with Gasteiger partial charge in [-0.25, -0.2) is 0 Å². The van der Waals surface area contributed by atoms with E-state index in [1.54, 1.807) is 18.3 Å². The van der Waals surface area contributed by atoms with Crippen LogP contribution in [0.1, 0.15) is 56.4 Å². The molecule has 0 amide bonds. The number of aliphatic carboxylic acids is 1. The summed E-state index contributed by atoms with van der Waals surface area (Å²) in [6.07, 6.45) is -3.68. The predicted octanol–water partition coefficient (Wildman–Crippen LogP) is 5.61. The van der Waals surface area contributed by atoms with Crippen molar-refractivity contribution in [1.82, 2.24) is 20.3 Å². The molecular formula is C29H32ClF3N6O3. The molecule has 0 aliphatic carbocycles. The van der Waals surface area contributed by atoms with Crippen LogP contribution in [0.2, 0.25) is 5.02 Å². The maximum absolute atomic E-state index is 14.6. The van der Waals surface area contributed by atoms with Crippen LogP contribution in [0.5, 0.6) is 5.88 Å². The number of nitrogens with one attached hydrogen (secondary N) is 1. The second-order valence-corrected chi connectivity index (χ2v) is 11.7. The molecule has 224 valence electrons. The van der Waals surface area contributed by atoms with Crippen molar-refractivity contribution >= 4 is 29.3 Å². The molecule has 2 fully saturated rings.